The monoisotopic (exact) mass is 255 g/mol. The van der Waals surface area contributed by atoms with E-state index in [1.807, 2.05) is 30.4 Å². The molecule has 1 heterocycles. The van der Waals surface area contributed by atoms with E-state index in [-0.39, 0.29) is 11.5 Å². The van der Waals surface area contributed by atoms with Crippen LogP contribution in [-0.4, -0.2) is 21.1 Å². The van der Waals surface area contributed by atoms with E-state index in [4.69, 9.17) is 5.73 Å². The van der Waals surface area contributed by atoms with Gasteiger partial charge in [-0.25, -0.2) is 0 Å². The average Bonchev–Trinajstić information content (AvgIpc) is 2.51. The van der Waals surface area contributed by atoms with Crippen LogP contribution in [0.3, 0.4) is 0 Å². The zero-order valence-corrected chi connectivity index (χ0v) is 12.6. The second-order valence-corrected chi connectivity index (χ2v) is 6.89. The number of hydrogen-bond donors (Lipinski definition) is 1. The van der Waals surface area contributed by atoms with Gasteiger partial charge < -0.3 is 5.73 Å². The lowest BCUT2D eigenvalue weighted by molar-refractivity contribution is 0.349. The van der Waals surface area contributed by atoms with Crippen LogP contribution in [0.25, 0.3) is 0 Å². The molecule has 0 fully saturated rings. The van der Waals surface area contributed by atoms with Gasteiger partial charge in [0.2, 0.25) is 0 Å². The molecule has 98 valence electrons. The molecule has 3 nitrogen and oxygen atoms in total. The average molecular weight is 255 g/mol. The zero-order valence-electron chi connectivity index (χ0n) is 11.8. The van der Waals surface area contributed by atoms with E-state index in [2.05, 4.69) is 38.9 Å². The van der Waals surface area contributed by atoms with E-state index in [0.29, 0.717) is 5.25 Å². The standard InChI is InChI=1S/C13H25N3S/c1-7-10(14)12(13(3,4)5)17-11-8-9(2)15-16(11)6/h8,10,12H,7,14H2,1-6H3. The molecule has 0 saturated heterocycles. The number of aryl methyl sites for hydroxylation is 2. The molecule has 2 unspecified atom stereocenters. The minimum atomic E-state index is 0.193. The van der Waals surface area contributed by atoms with Crippen molar-refractivity contribution >= 4 is 11.8 Å². The summed E-state index contributed by atoms with van der Waals surface area (Å²) in [5.41, 5.74) is 7.51. The van der Waals surface area contributed by atoms with Gasteiger partial charge in [-0.05, 0) is 24.8 Å². The molecule has 0 spiro atoms. The fourth-order valence-electron chi connectivity index (χ4n) is 1.95. The van der Waals surface area contributed by atoms with Gasteiger partial charge in [-0.2, -0.15) is 5.10 Å². The summed E-state index contributed by atoms with van der Waals surface area (Å²) in [6.45, 7) is 10.9. The second kappa shape index (κ2) is 5.44. The van der Waals surface area contributed by atoms with Crippen molar-refractivity contribution in [3.63, 3.8) is 0 Å². The molecule has 2 N–H and O–H groups in total. The van der Waals surface area contributed by atoms with Crippen molar-refractivity contribution in [2.45, 2.75) is 57.4 Å². The fourth-order valence-corrected chi connectivity index (χ4v) is 3.36. The highest BCUT2D eigenvalue weighted by Crippen LogP contribution is 2.37. The molecule has 1 aromatic rings. The minimum absolute atomic E-state index is 0.193. The Labute approximate surface area is 109 Å². The summed E-state index contributed by atoms with van der Waals surface area (Å²) in [5, 5.41) is 5.99. The van der Waals surface area contributed by atoms with Crippen molar-refractivity contribution < 1.29 is 0 Å². The number of hydrogen-bond acceptors (Lipinski definition) is 3. The Hall–Kier alpha value is -0.480. The van der Waals surface area contributed by atoms with Crippen molar-refractivity contribution in [1.82, 2.24) is 9.78 Å². The van der Waals surface area contributed by atoms with Crippen LogP contribution in [0.4, 0.5) is 0 Å². The van der Waals surface area contributed by atoms with Gasteiger partial charge in [0.15, 0.2) is 0 Å². The first-order chi connectivity index (χ1) is 7.75. The number of nitrogens with two attached hydrogens (primary N) is 1. The number of rotatable bonds is 4. The molecular formula is C13H25N3S. The maximum absolute atomic E-state index is 6.26. The number of aromatic nitrogens is 2. The lowest BCUT2D eigenvalue weighted by Gasteiger charge is -2.34. The summed E-state index contributed by atoms with van der Waals surface area (Å²) in [6.07, 6.45) is 1.01. The summed E-state index contributed by atoms with van der Waals surface area (Å²) in [6, 6.07) is 2.35. The van der Waals surface area contributed by atoms with Crippen LogP contribution in [-0.2, 0) is 7.05 Å². The first-order valence-electron chi connectivity index (χ1n) is 6.18. The third-order valence-electron chi connectivity index (χ3n) is 2.92. The van der Waals surface area contributed by atoms with Gasteiger partial charge >= 0.3 is 0 Å². The number of nitrogens with zero attached hydrogens (tertiary/aromatic N) is 2. The van der Waals surface area contributed by atoms with Gasteiger partial charge in [0.05, 0.1) is 10.7 Å². The van der Waals surface area contributed by atoms with Gasteiger partial charge in [-0.3, -0.25) is 4.68 Å². The van der Waals surface area contributed by atoms with E-state index >= 15 is 0 Å². The molecule has 0 amide bonds. The van der Waals surface area contributed by atoms with Gasteiger partial charge in [-0.15, -0.1) is 11.8 Å². The normalized spacial score (nSPS) is 15.9. The van der Waals surface area contributed by atoms with Crippen molar-refractivity contribution in [1.29, 1.82) is 0 Å². The molecular weight excluding hydrogens is 230 g/mol. The first kappa shape index (κ1) is 14.6. The molecule has 0 aliphatic carbocycles. The van der Waals surface area contributed by atoms with Crippen molar-refractivity contribution in [2.75, 3.05) is 0 Å². The third-order valence-corrected chi connectivity index (χ3v) is 4.85. The molecule has 17 heavy (non-hydrogen) atoms. The Morgan fingerprint density at radius 3 is 2.41 bits per heavy atom. The van der Waals surface area contributed by atoms with Crippen LogP contribution in [0.1, 0.15) is 39.8 Å². The van der Waals surface area contributed by atoms with E-state index in [1.165, 1.54) is 5.03 Å². The Bertz CT molecular complexity index is 365. The Morgan fingerprint density at radius 1 is 1.47 bits per heavy atom. The summed E-state index contributed by atoms with van der Waals surface area (Å²) in [7, 11) is 1.99. The lowest BCUT2D eigenvalue weighted by atomic mass is 9.87. The smallest absolute Gasteiger partial charge is 0.0942 e. The molecule has 0 aliphatic heterocycles. The highest BCUT2D eigenvalue weighted by molar-refractivity contribution is 8.00. The molecule has 1 rings (SSSR count). The van der Waals surface area contributed by atoms with E-state index in [0.717, 1.165) is 12.1 Å². The van der Waals surface area contributed by atoms with Crippen LogP contribution in [0.15, 0.2) is 11.1 Å². The van der Waals surface area contributed by atoms with Crippen molar-refractivity contribution in [2.24, 2.45) is 18.2 Å². The largest absolute Gasteiger partial charge is 0.327 e. The van der Waals surface area contributed by atoms with Gasteiger partial charge in [0.1, 0.15) is 0 Å². The predicted molar refractivity (Wildman–Crippen MR) is 75.3 cm³/mol. The van der Waals surface area contributed by atoms with E-state index in [9.17, 15) is 0 Å². The summed E-state index contributed by atoms with van der Waals surface area (Å²) >= 11 is 1.85. The highest BCUT2D eigenvalue weighted by Gasteiger charge is 2.31. The van der Waals surface area contributed by atoms with Gasteiger partial charge in [-0.1, -0.05) is 27.7 Å². The summed E-state index contributed by atoms with van der Waals surface area (Å²) in [5.74, 6) is 0. The maximum Gasteiger partial charge on any atom is 0.0942 e. The molecule has 4 heteroatoms. The molecule has 0 bridgehead atoms. The predicted octanol–water partition coefficient (Wildman–Crippen LogP) is 2.97. The van der Waals surface area contributed by atoms with Crippen LogP contribution < -0.4 is 5.73 Å². The minimum Gasteiger partial charge on any atom is -0.327 e. The van der Waals surface area contributed by atoms with Crippen molar-refractivity contribution in [3.8, 4) is 0 Å². The summed E-state index contributed by atoms with van der Waals surface area (Å²) < 4.78 is 1.95. The van der Waals surface area contributed by atoms with Crippen LogP contribution >= 0.6 is 11.8 Å². The van der Waals surface area contributed by atoms with Crippen LogP contribution in [0.2, 0.25) is 0 Å². The van der Waals surface area contributed by atoms with E-state index in [1.54, 1.807) is 0 Å². The molecule has 2 atom stereocenters. The van der Waals surface area contributed by atoms with Gasteiger partial charge in [0, 0.05) is 18.3 Å². The van der Waals surface area contributed by atoms with Crippen LogP contribution in [0, 0.1) is 12.3 Å². The molecule has 0 saturated carbocycles. The fraction of sp³-hybridized carbons (Fsp3) is 0.769. The number of thioether (sulfide) groups is 1. The third kappa shape index (κ3) is 3.75. The lowest BCUT2D eigenvalue weighted by Crippen LogP contribution is -2.40. The molecule has 1 aromatic heterocycles. The van der Waals surface area contributed by atoms with Gasteiger partial charge in [0.25, 0.3) is 0 Å². The quantitative estimate of drug-likeness (QED) is 0.841. The molecule has 0 aromatic carbocycles. The Morgan fingerprint density at radius 2 is 2.06 bits per heavy atom. The Balaban J connectivity index is 2.91. The molecule has 0 aliphatic rings. The Kier molecular flexibility index (Phi) is 4.67. The second-order valence-electron chi connectivity index (χ2n) is 5.72. The zero-order chi connectivity index (χ0) is 13.2. The molecule has 0 radical (unpaired) electrons. The summed E-state index contributed by atoms with van der Waals surface area (Å²) in [4.78, 5) is 0. The van der Waals surface area contributed by atoms with E-state index < -0.39 is 0 Å². The topological polar surface area (TPSA) is 43.8 Å². The van der Waals surface area contributed by atoms with Crippen molar-refractivity contribution in [3.05, 3.63) is 11.8 Å². The first-order valence-corrected chi connectivity index (χ1v) is 7.06. The SMILES string of the molecule is CCC(N)C(Sc1cc(C)nn1C)C(C)(C)C. The maximum atomic E-state index is 6.26. The highest BCUT2D eigenvalue weighted by atomic mass is 32.2. The van der Waals surface area contributed by atoms with Crippen LogP contribution in [0.5, 0.6) is 0 Å².